The Morgan fingerprint density at radius 1 is 0.793 bits per heavy atom. The summed E-state index contributed by atoms with van der Waals surface area (Å²) < 4.78 is 17.2. The van der Waals surface area contributed by atoms with E-state index in [1.165, 1.54) is 0 Å². The Balaban J connectivity index is 1.74. The standard InChI is InChI=1S/C23H19ClO5/c24-20-13-11-19(12-14-20)23(29-21(25)26)27-15-22(16-28-23,17-7-3-1-4-8-17)18-9-5-2-6-10-18/h1-14H,15-16H2,(H,25,26). The average molecular weight is 411 g/mol. The monoisotopic (exact) mass is 410 g/mol. The van der Waals surface area contributed by atoms with Crippen LogP contribution in [-0.2, 0) is 25.6 Å². The topological polar surface area (TPSA) is 65.0 Å². The summed E-state index contributed by atoms with van der Waals surface area (Å²) in [7, 11) is 0. The molecule has 0 aromatic heterocycles. The molecule has 148 valence electrons. The molecule has 0 spiro atoms. The molecule has 1 aliphatic rings. The number of halogens is 1. The molecule has 1 saturated heterocycles. The SMILES string of the molecule is O=C(O)OC1(c2ccc(Cl)cc2)OCC(c2ccccc2)(c2ccccc2)CO1. The Morgan fingerprint density at radius 3 is 1.72 bits per heavy atom. The molecule has 0 radical (unpaired) electrons. The maximum Gasteiger partial charge on any atom is 0.510 e. The zero-order valence-corrected chi connectivity index (χ0v) is 16.2. The number of rotatable bonds is 4. The van der Waals surface area contributed by atoms with E-state index in [0.29, 0.717) is 10.6 Å². The molecular formula is C23H19ClO5. The predicted molar refractivity (Wildman–Crippen MR) is 108 cm³/mol. The second-order valence-corrected chi connectivity index (χ2v) is 7.26. The third-order valence-corrected chi connectivity index (χ3v) is 5.34. The summed E-state index contributed by atoms with van der Waals surface area (Å²) in [4.78, 5) is 11.4. The van der Waals surface area contributed by atoms with Gasteiger partial charge in [-0.3, -0.25) is 0 Å². The number of carboxylic acid groups (broad SMARTS) is 1. The first-order valence-corrected chi connectivity index (χ1v) is 9.49. The molecule has 1 N–H and O–H groups in total. The number of benzene rings is 3. The highest BCUT2D eigenvalue weighted by Crippen LogP contribution is 2.43. The van der Waals surface area contributed by atoms with E-state index in [4.69, 9.17) is 25.8 Å². The lowest BCUT2D eigenvalue weighted by molar-refractivity contribution is -0.402. The van der Waals surface area contributed by atoms with Gasteiger partial charge in [-0.25, -0.2) is 4.79 Å². The molecule has 1 heterocycles. The lowest BCUT2D eigenvalue weighted by Gasteiger charge is -2.45. The van der Waals surface area contributed by atoms with Gasteiger partial charge < -0.3 is 19.3 Å². The van der Waals surface area contributed by atoms with Crippen molar-refractivity contribution in [1.82, 2.24) is 0 Å². The van der Waals surface area contributed by atoms with Crippen molar-refractivity contribution in [3.63, 3.8) is 0 Å². The van der Waals surface area contributed by atoms with Crippen LogP contribution in [0.25, 0.3) is 0 Å². The number of ether oxygens (including phenoxy) is 3. The third kappa shape index (κ3) is 3.72. The van der Waals surface area contributed by atoms with Crippen molar-refractivity contribution in [2.75, 3.05) is 13.2 Å². The van der Waals surface area contributed by atoms with Crippen molar-refractivity contribution < 1.29 is 24.1 Å². The van der Waals surface area contributed by atoms with E-state index in [0.717, 1.165) is 11.1 Å². The minimum Gasteiger partial charge on any atom is -0.450 e. The van der Waals surface area contributed by atoms with Crippen molar-refractivity contribution in [2.24, 2.45) is 0 Å². The smallest absolute Gasteiger partial charge is 0.450 e. The van der Waals surface area contributed by atoms with Crippen LogP contribution in [0.1, 0.15) is 16.7 Å². The van der Waals surface area contributed by atoms with Gasteiger partial charge in [-0.1, -0.05) is 72.3 Å². The highest BCUT2D eigenvalue weighted by molar-refractivity contribution is 6.30. The third-order valence-electron chi connectivity index (χ3n) is 5.09. The minimum absolute atomic E-state index is 0.164. The number of hydrogen-bond acceptors (Lipinski definition) is 4. The van der Waals surface area contributed by atoms with Crippen LogP contribution in [0.5, 0.6) is 0 Å². The van der Waals surface area contributed by atoms with E-state index in [-0.39, 0.29) is 13.2 Å². The van der Waals surface area contributed by atoms with E-state index in [1.54, 1.807) is 24.3 Å². The van der Waals surface area contributed by atoms with Gasteiger partial charge in [0, 0.05) is 5.02 Å². The highest BCUT2D eigenvalue weighted by Gasteiger charge is 2.50. The van der Waals surface area contributed by atoms with E-state index < -0.39 is 17.5 Å². The molecule has 0 unspecified atom stereocenters. The van der Waals surface area contributed by atoms with Crippen molar-refractivity contribution in [2.45, 2.75) is 11.4 Å². The average Bonchev–Trinajstić information content (AvgIpc) is 2.76. The van der Waals surface area contributed by atoms with Gasteiger partial charge in [-0.2, -0.15) is 0 Å². The molecule has 0 amide bonds. The van der Waals surface area contributed by atoms with Crippen molar-refractivity contribution in [3.8, 4) is 0 Å². The van der Waals surface area contributed by atoms with Crippen LogP contribution in [0.2, 0.25) is 5.02 Å². The zero-order chi connectivity index (χ0) is 20.3. The molecule has 1 fully saturated rings. The van der Waals surface area contributed by atoms with Crippen LogP contribution in [0.4, 0.5) is 4.79 Å². The zero-order valence-electron chi connectivity index (χ0n) is 15.5. The van der Waals surface area contributed by atoms with Crippen LogP contribution < -0.4 is 0 Å². The van der Waals surface area contributed by atoms with Crippen molar-refractivity contribution in [3.05, 3.63) is 107 Å². The second kappa shape index (κ2) is 7.87. The van der Waals surface area contributed by atoms with E-state index in [2.05, 4.69) is 0 Å². The predicted octanol–water partition coefficient (Wildman–Crippen LogP) is 5.18. The first-order chi connectivity index (χ1) is 14.0. The minimum atomic E-state index is -1.86. The van der Waals surface area contributed by atoms with Crippen LogP contribution >= 0.6 is 11.6 Å². The van der Waals surface area contributed by atoms with Gasteiger partial charge in [-0.15, -0.1) is 0 Å². The Labute approximate surface area is 173 Å². The normalized spacial score (nSPS) is 17.4. The summed E-state index contributed by atoms with van der Waals surface area (Å²) >= 11 is 5.97. The molecule has 0 bridgehead atoms. The van der Waals surface area contributed by atoms with E-state index >= 15 is 0 Å². The summed E-state index contributed by atoms with van der Waals surface area (Å²) in [5, 5.41) is 9.81. The van der Waals surface area contributed by atoms with Gasteiger partial charge >= 0.3 is 12.1 Å². The summed E-state index contributed by atoms with van der Waals surface area (Å²) in [5.74, 6) is -1.86. The van der Waals surface area contributed by atoms with E-state index in [9.17, 15) is 9.90 Å². The molecule has 1 aliphatic heterocycles. The van der Waals surface area contributed by atoms with E-state index in [1.807, 2.05) is 60.7 Å². The lowest BCUT2D eigenvalue weighted by Crippen LogP contribution is -2.52. The Bertz CT molecular complexity index is 924. The Morgan fingerprint density at radius 2 is 1.28 bits per heavy atom. The second-order valence-electron chi connectivity index (χ2n) is 6.82. The maximum atomic E-state index is 11.4. The first-order valence-electron chi connectivity index (χ1n) is 9.11. The molecule has 0 atom stereocenters. The van der Waals surface area contributed by atoms with Crippen LogP contribution in [0.3, 0.4) is 0 Å². The number of hydrogen-bond donors (Lipinski definition) is 1. The molecule has 5 nitrogen and oxygen atoms in total. The molecule has 6 heteroatoms. The summed E-state index contributed by atoms with van der Waals surface area (Å²) in [6, 6.07) is 26.2. The molecule has 4 rings (SSSR count). The first kappa shape index (κ1) is 19.5. The lowest BCUT2D eigenvalue weighted by atomic mass is 9.75. The summed E-state index contributed by atoms with van der Waals surface area (Å²) in [6.45, 7) is 0.327. The quantitative estimate of drug-likeness (QED) is 0.600. The number of carbonyl (C=O) groups is 1. The van der Waals surface area contributed by atoms with Gasteiger partial charge in [0.25, 0.3) is 0 Å². The summed E-state index contributed by atoms with van der Waals surface area (Å²) in [6.07, 6.45) is -1.49. The molecule has 0 aliphatic carbocycles. The largest absolute Gasteiger partial charge is 0.510 e. The maximum absolute atomic E-state index is 11.4. The van der Waals surface area contributed by atoms with Gasteiger partial charge in [-0.05, 0) is 35.4 Å². The Hall–Kier alpha value is -2.86. The van der Waals surface area contributed by atoms with Gasteiger partial charge in [0.2, 0.25) is 0 Å². The fourth-order valence-corrected chi connectivity index (χ4v) is 3.71. The fraction of sp³-hybridized carbons (Fsp3) is 0.174. The Kier molecular flexibility index (Phi) is 5.28. The molecule has 0 saturated carbocycles. The van der Waals surface area contributed by atoms with Crippen LogP contribution in [-0.4, -0.2) is 24.5 Å². The molecule has 29 heavy (non-hydrogen) atoms. The van der Waals surface area contributed by atoms with Crippen LogP contribution in [0, 0.1) is 0 Å². The highest BCUT2D eigenvalue weighted by atomic mass is 35.5. The molecular weight excluding hydrogens is 392 g/mol. The fourth-order valence-electron chi connectivity index (χ4n) is 3.59. The molecule has 3 aromatic carbocycles. The molecule has 3 aromatic rings. The van der Waals surface area contributed by atoms with Crippen molar-refractivity contribution >= 4 is 17.8 Å². The van der Waals surface area contributed by atoms with Gasteiger partial charge in [0.15, 0.2) is 0 Å². The van der Waals surface area contributed by atoms with Crippen LogP contribution in [0.15, 0.2) is 84.9 Å². The van der Waals surface area contributed by atoms with Crippen molar-refractivity contribution in [1.29, 1.82) is 0 Å². The van der Waals surface area contributed by atoms with Gasteiger partial charge in [0.1, 0.15) is 0 Å². The summed E-state index contributed by atoms with van der Waals surface area (Å²) in [5.41, 5.74) is 1.82. The van der Waals surface area contributed by atoms with Gasteiger partial charge in [0.05, 0.1) is 24.2 Å².